The third-order valence-electron chi connectivity index (χ3n) is 4.12. The fourth-order valence-electron chi connectivity index (χ4n) is 2.96. The van der Waals surface area contributed by atoms with Crippen LogP contribution in [0.2, 0.25) is 5.15 Å². The zero-order valence-corrected chi connectivity index (χ0v) is 13.9. The topological polar surface area (TPSA) is 82.1 Å². The Hall–Kier alpha value is -2.38. The third-order valence-corrected chi connectivity index (χ3v) is 4.31. The van der Waals surface area contributed by atoms with Crippen molar-refractivity contribution < 1.29 is 4.74 Å². The number of imidazole rings is 1. The average molecular weight is 345 g/mol. The van der Waals surface area contributed by atoms with Crippen LogP contribution in [0, 0.1) is 0 Å². The molecule has 4 rings (SSSR count). The number of hydrogen-bond acceptors (Lipinski definition) is 6. The number of hydrogen-bond donors (Lipinski definition) is 1. The van der Waals surface area contributed by atoms with Crippen molar-refractivity contribution in [1.82, 2.24) is 19.5 Å². The number of nitrogens with zero attached hydrogens (tertiary/aromatic N) is 5. The number of nitrogen functional groups attached to an aromatic ring is 1. The second-order valence-corrected chi connectivity index (χ2v) is 6.15. The van der Waals surface area contributed by atoms with Crippen molar-refractivity contribution in [2.75, 3.05) is 30.4 Å². The first-order valence-electron chi connectivity index (χ1n) is 7.76. The van der Waals surface area contributed by atoms with E-state index in [-0.39, 0.29) is 6.04 Å². The van der Waals surface area contributed by atoms with Gasteiger partial charge in [0, 0.05) is 12.6 Å². The summed E-state index contributed by atoms with van der Waals surface area (Å²) in [6, 6.07) is 9.66. The Bertz CT molecular complexity index is 895. The van der Waals surface area contributed by atoms with Crippen LogP contribution in [0.15, 0.2) is 30.3 Å². The van der Waals surface area contributed by atoms with Crippen LogP contribution in [-0.2, 0) is 4.74 Å². The normalized spacial score (nSPS) is 18.2. The molecule has 0 saturated carbocycles. The van der Waals surface area contributed by atoms with Gasteiger partial charge >= 0.3 is 0 Å². The van der Waals surface area contributed by atoms with Crippen molar-refractivity contribution in [3.05, 3.63) is 35.5 Å². The third kappa shape index (κ3) is 2.55. The maximum atomic E-state index is 6.25. The van der Waals surface area contributed by atoms with E-state index >= 15 is 0 Å². The zero-order valence-electron chi connectivity index (χ0n) is 13.2. The van der Waals surface area contributed by atoms with Crippen molar-refractivity contribution in [1.29, 1.82) is 0 Å². The Morgan fingerprint density at radius 3 is 2.92 bits per heavy atom. The Labute approximate surface area is 144 Å². The lowest BCUT2D eigenvalue weighted by molar-refractivity contribution is 0.0985. The van der Waals surface area contributed by atoms with Crippen LogP contribution in [0.25, 0.3) is 17.0 Å². The number of benzene rings is 1. The zero-order chi connectivity index (χ0) is 16.7. The van der Waals surface area contributed by atoms with E-state index in [2.05, 4.69) is 26.8 Å². The van der Waals surface area contributed by atoms with Gasteiger partial charge in [0.2, 0.25) is 11.9 Å². The highest BCUT2D eigenvalue weighted by Crippen LogP contribution is 2.25. The number of nitrogens with two attached hydrogens (primary N) is 1. The van der Waals surface area contributed by atoms with Crippen LogP contribution in [0.3, 0.4) is 0 Å². The van der Waals surface area contributed by atoms with E-state index in [0.717, 1.165) is 23.4 Å². The molecular weight excluding hydrogens is 328 g/mol. The highest BCUT2D eigenvalue weighted by molar-refractivity contribution is 6.29. The van der Waals surface area contributed by atoms with Gasteiger partial charge in [-0.2, -0.15) is 4.98 Å². The summed E-state index contributed by atoms with van der Waals surface area (Å²) < 4.78 is 7.21. The summed E-state index contributed by atoms with van der Waals surface area (Å²) in [6.45, 7) is 4.18. The molecule has 1 atom stereocenters. The minimum Gasteiger partial charge on any atom is -0.377 e. The molecule has 3 aromatic rings. The fourth-order valence-corrected chi connectivity index (χ4v) is 3.14. The number of halogens is 1. The molecule has 3 heterocycles. The van der Waals surface area contributed by atoms with Crippen LogP contribution >= 0.6 is 11.6 Å². The van der Waals surface area contributed by atoms with Gasteiger partial charge in [-0.3, -0.25) is 0 Å². The number of anilines is 2. The monoisotopic (exact) mass is 344 g/mol. The molecule has 1 aliphatic heterocycles. The Morgan fingerprint density at radius 2 is 2.08 bits per heavy atom. The van der Waals surface area contributed by atoms with Crippen molar-refractivity contribution in [2.45, 2.75) is 13.0 Å². The molecule has 0 bridgehead atoms. The Kier molecular flexibility index (Phi) is 3.74. The summed E-state index contributed by atoms with van der Waals surface area (Å²) in [5.74, 6) is 1.51. The second kappa shape index (κ2) is 5.92. The molecule has 8 heteroatoms. The lowest BCUT2D eigenvalue weighted by Gasteiger charge is -2.34. The van der Waals surface area contributed by atoms with Gasteiger partial charge in [0.05, 0.1) is 30.3 Å². The lowest BCUT2D eigenvalue weighted by atomic mass is 10.2. The molecule has 7 nitrogen and oxygen atoms in total. The first-order chi connectivity index (χ1) is 11.6. The Balaban J connectivity index is 1.85. The maximum absolute atomic E-state index is 6.25. The maximum Gasteiger partial charge on any atom is 0.240 e. The van der Waals surface area contributed by atoms with Crippen molar-refractivity contribution in [2.24, 2.45) is 0 Å². The standard InChI is InChI=1S/C16H17ClN6O/c1-10-9-24-7-6-22(10)14-8-13(17)20-16(21-14)23-12-5-3-2-4-11(12)19-15(23)18/h2-5,8,10H,6-7,9H2,1H3,(H2,18,19)/t10-/m1/s1. The molecule has 2 aromatic heterocycles. The molecule has 0 amide bonds. The first-order valence-corrected chi connectivity index (χ1v) is 8.13. The molecular formula is C16H17ClN6O. The van der Waals surface area contributed by atoms with Gasteiger partial charge in [0.15, 0.2) is 0 Å². The predicted molar refractivity (Wildman–Crippen MR) is 93.7 cm³/mol. The molecule has 24 heavy (non-hydrogen) atoms. The molecule has 0 aliphatic carbocycles. The quantitative estimate of drug-likeness (QED) is 0.718. The van der Waals surface area contributed by atoms with Crippen molar-refractivity contribution in [3.63, 3.8) is 0 Å². The van der Waals surface area contributed by atoms with Crippen LogP contribution in [-0.4, -0.2) is 45.3 Å². The van der Waals surface area contributed by atoms with Crippen LogP contribution < -0.4 is 10.6 Å². The van der Waals surface area contributed by atoms with Crippen molar-refractivity contribution >= 4 is 34.4 Å². The van der Waals surface area contributed by atoms with E-state index in [1.54, 1.807) is 10.6 Å². The molecule has 1 fully saturated rings. The van der Waals surface area contributed by atoms with Gasteiger partial charge in [-0.1, -0.05) is 23.7 Å². The van der Waals surface area contributed by atoms with Gasteiger partial charge in [0.25, 0.3) is 0 Å². The van der Waals surface area contributed by atoms with Crippen LogP contribution in [0.1, 0.15) is 6.92 Å². The van der Waals surface area contributed by atoms with Gasteiger partial charge < -0.3 is 15.4 Å². The molecule has 0 spiro atoms. The molecule has 1 saturated heterocycles. The minimum atomic E-state index is 0.217. The molecule has 0 radical (unpaired) electrons. The average Bonchev–Trinajstić information content (AvgIpc) is 2.90. The summed E-state index contributed by atoms with van der Waals surface area (Å²) in [4.78, 5) is 15.5. The number of morpholine rings is 1. The van der Waals surface area contributed by atoms with Gasteiger partial charge in [0.1, 0.15) is 11.0 Å². The van der Waals surface area contributed by atoms with Crippen molar-refractivity contribution in [3.8, 4) is 5.95 Å². The van der Waals surface area contributed by atoms with E-state index in [1.807, 2.05) is 24.3 Å². The second-order valence-electron chi connectivity index (χ2n) is 5.76. The largest absolute Gasteiger partial charge is 0.377 e. The minimum absolute atomic E-state index is 0.217. The van der Waals surface area contributed by atoms with Gasteiger partial charge in [-0.15, -0.1) is 0 Å². The fraction of sp³-hybridized carbons (Fsp3) is 0.312. The highest BCUT2D eigenvalue weighted by atomic mass is 35.5. The van der Waals surface area contributed by atoms with E-state index in [4.69, 9.17) is 22.1 Å². The first kappa shape index (κ1) is 15.2. The number of rotatable bonds is 2. The molecule has 1 aliphatic rings. The molecule has 124 valence electrons. The van der Waals surface area contributed by atoms with Gasteiger partial charge in [-0.05, 0) is 19.1 Å². The number of para-hydroxylation sites is 2. The van der Waals surface area contributed by atoms with Crippen LogP contribution in [0.5, 0.6) is 0 Å². The highest BCUT2D eigenvalue weighted by Gasteiger charge is 2.22. The predicted octanol–water partition coefficient (Wildman–Crippen LogP) is 2.28. The van der Waals surface area contributed by atoms with E-state index in [9.17, 15) is 0 Å². The SMILES string of the molecule is C[C@@H]1COCCN1c1cc(Cl)nc(-n2c(N)nc3ccccc32)n1. The number of ether oxygens (including phenoxy) is 1. The molecule has 0 unspecified atom stereocenters. The number of fused-ring (bicyclic) bond motifs is 1. The van der Waals surface area contributed by atoms with E-state index in [1.165, 1.54) is 0 Å². The smallest absolute Gasteiger partial charge is 0.240 e. The summed E-state index contributed by atoms with van der Waals surface area (Å²) in [5, 5.41) is 0.367. The summed E-state index contributed by atoms with van der Waals surface area (Å²) in [6.07, 6.45) is 0. The summed E-state index contributed by atoms with van der Waals surface area (Å²) in [5.41, 5.74) is 7.72. The van der Waals surface area contributed by atoms with E-state index < -0.39 is 0 Å². The Morgan fingerprint density at radius 1 is 1.25 bits per heavy atom. The van der Waals surface area contributed by atoms with E-state index in [0.29, 0.717) is 30.3 Å². The number of aromatic nitrogens is 4. The molecule has 1 aromatic carbocycles. The lowest BCUT2D eigenvalue weighted by Crippen LogP contribution is -2.44. The summed E-state index contributed by atoms with van der Waals surface area (Å²) in [7, 11) is 0. The van der Waals surface area contributed by atoms with Crippen LogP contribution in [0.4, 0.5) is 11.8 Å². The molecule has 2 N–H and O–H groups in total. The summed E-state index contributed by atoms with van der Waals surface area (Å²) >= 11 is 6.25. The van der Waals surface area contributed by atoms with Gasteiger partial charge in [-0.25, -0.2) is 14.5 Å².